The molecule has 0 aliphatic heterocycles. The second-order valence-corrected chi connectivity index (χ2v) is 3.88. The zero-order valence-electron chi connectivity index (χ0n) is 8.63. The van der Waals surface area contributed by atoms with E-state index in [2.05, 4.69) is 26.6 Å². The van der Waals surface area contributed by atoms with Gasteiger partial charge in [-0.15, -0.1) is 0 Å². The van der Waals surface area contributed by atoms with Crippen LogP contribution in [0.3, 0.4) is 0 Å². The number of methoxy groups -OCH3 is 1. The number of benzene rings is 1. The number of aryl methyl sites for hydroxylation is 1. The maximum Gasteiger partial charge on any atom is 0.321 e. The van der Waals surface area contributed by atoms with Crippen LogP contribution in [0.5, 0.6) is 0 Å². The van der Waals surface area contributed by atoms with Gasteiger partial charge in [0.25, 0.3) is 0 Å². The standard InChI is InChI=1S/C10H13BrN2O2/c1-7-3-4-8(5-9(7)11)13-10(14)12-6-15-2/h3-5H,6H2,1-2H3,(H2,12,13,14). The number of ether oxygens (including phenoxy) is 1. The highest BCUT2D eigenvalue weighted by Crippen LogP contribution is 2.20. The molecule has 0 bridgehead atoms. The van der Waals surface area contributed by atoms with Crippen molar-refractivity contribution < 1.29 is 9.53 Å². The first kappa shape index (κ1) is 12.0. The minimum atomic E-state index is -0.285. The highest BCUT2D eigenvalue weighted by atomic mass is 79.9. The third-order valence-corrected chi connectivity index (χ3v) is 2.66. The summed E-state index contributed by atoms with van der Waals surface area (Å²) >= 11 is 3.39. The topological polar surface area (TPSA) is 50.4 Å². The minimum absolute atomic E-state index is 0.193. The summed E-state index contributed by atoms with van der Waals surface area (Å²) < 4.78 is 5.68. The van der Waals surface area contributed by atoms with Crippen molar-refractivity contribution in [1.29, 1.82) is 0 Å². The monoisotopic (exact) mass is 272 g/mol. The van der Waals surface area contributed by atoms with Gasteiger partial charge in [0.2, 0.25) is 0 Å². The average Bonchev–Trinajstić information content (AvgIpc) is 2.20. The molecule has 2 amide bonds. The molecule has 0 aliphatic carbocycles. The van der Waals surface area contributed by atoms with Crippen molar-refractivity contribution in [2.45, 2.75) is 6.92 Å². The predicted molar refractivity (Wildman–Crippen MR) is 62.9 cm³/mol. The first-order valence-electron chi connectivity index (χ1n) is 4.43. The molecule has 2 N–H and O–H groups in total. The molecule has 4 nitrogen and oxygen atoms in total. The van der Waals surface area contributed by atoms with Crippen LogP contribution < -0.4 is 10.6 Å². The molecule has 0 radical (unpaired) electrons. The number of rotatable bonds is 3. The van der Waals surface area contributed by atoms with Crippen LogP contribution >= 0.6 is 15.9 Å². The Morgan fingerprint density at radius 2 is 2.27 bits per heavy atom. The van der Waals surface area contributed by atoms with Gasteiger partial charge in [0, 0.05) is 17.3 Å². The van der Waals surface area contributed by atoms with E-state index in [0.29, 0.717) is 0 Å². The van der Waals surface area contributed by atoms with E-state index in [1.807, 2.05) is 25.1 Å². The van der Waals surface area contributed by atoms with E-state index >= 15 is 0 Å². The number of urea groups is 1. The summed E-state index contributed by atoms with van der Waals surface area (Å²) in [6.45, 7) is 2.18. The molecule has 0 unspecified atom stereocenters. The van der Waals surface area contributed by atoms with Gasteiger partial charge in [-0.3, -0.25) is 0 Å². The van der Waals surface area contributed by atoms with Gasteiger partial charge in [-0.05, 0) is 24.6 Å². The Balaban J connectivity index is 2.57. The zero-order valence-corrected chi connectivity index (χ0v) is 10.2. The van der Waals surface area contributed by atoms with Crippen LogP contribution in [-0.2, 0) is 4.74 Å². The lowest BCUT2D eigenvalue weighted by Crippen LogP contribution is -2.30. The lowest BCUT2D eigenvalue weighted by atomic mass is 10.2. The van der Waals surface area contributed by atoms with Crippen molar-refractivity contribution in [3.05, 3.63) is 28.2 Å². The Hall–Kier alpha value is -1.07. The number of hydrogen-bond donors (Lipinski definition) is 2. The SMILES string of the molecule is COCNC(=O)Nc1ccc(C)c(Br)c1. The fourth-order valence-electron chi connectivity index (χ4n) is 0.984. The Kier molecular flexibility index (Phi) is 4.58. The van der Waals surface area contributed by atoms with Crippen molar-refractivity contribution in [3.63, 3.8) is 0 Å². The van der Waals surface area contributed by atoms with Gasteiger partial charge in [0.15, 0.2) is 0 Å². The maximum absolute atomic E-state index is 11.3. The Bertz CT molecular complexity index is 355. The van der Waals surface area contributed by atoms with Gasteiger partial charge in [0.1, 0.15) is 6.73 Å². The van der Waals surface area contributed by atoms with Gasteiger partial charge in [-0.25, -0.2) is 4.79 Å². The normalized spacial score (nSPS) is 9.80. The van der Waals surface area contributed by atoms with E-state index in [9.17, 15) is 4.79 Å². The summed E-state index contributed by atoms with van der Waals surface area (Å²) in [5.41, 5.74) is 1.86. The summed E-state index contributed by atoms with van der Waals surface area (Å²) in [4.78, 5) is 11.3. The molecule has 1 aromatic rings. The number of carbonyl (C=O) groups excluding carboxylic acids is 1. The summed E-state index contributed by atoms with van der Waals surface area (Å²) in [6.07, 6.45) is 0. The third kappa shape index (κ3) is 3.89. The summed E-state index contributed by atoms with van der Waals surface area (Å²) in [7, 11) is 1.52. The molecule has 0 saturated carbocycles. The largest absolute Gasteiger partial charge is 0.364 e. The molecule has 0 spiro atoms. The number of amides is 2. The van der Waals surface area contributed by atoms with Crippen LogP contribution in [0.25, 0.3) is 0 Å². The molecule has 82 valence electrons. The fourth-order valence-corrected chi connectivity index (χ4v) is 1.36. The molecule has 0 atom stereocenters. The number of carbonyl (C=O) groups is 1. The van der Waals surface area contributed by atoms with Gasteiger partial charge >= 0.3 is 6.03 Å². The highest BCUT2D eigenvalue weighted by Gasteiger charge is 2.01. The van der Waals surface area contributed by atoms with Gasteiger partial charge in [-0.1, -0.05) is 22.0 Å². The zero-order chi connectivity index (χ0) is 11.3. The highest BCUT2D eigenvalue weighted by molar-refractivity contribution is 9.10. The van der Waals surface area contributed by atoms with E-state index in [-0.39, 0.29) is 12.8 Å². The van der Waals surface area contributed by atoms with Crippen molar-refractivity contribution >= 4 is 27.6 Å². The van der Waals surface area contributed by atoms with E-state index in [1.165, 1.54) is 7.11 Å². The summed E-state index contributed by atoms with van der Waals surface area (Å²) in [6, 6.07) is 5.33. The number of nitrogens with one attached hydrogen (secondary N) is 2. The lowest BCUT2D eigenvalue weighted by Gasteiger charge is -2.07. The smallest absolute Gasteiger partial charge is 0.321 e. The van der Waals surface area contributed by atoms with Gasteiger partial charge in [-0.2, -0.15) is 0 Å². The third-order valence-electron chi connectivity index (χ3n) is 1.81. The Morgan fingerprint density at radius 3 is 2.87 bits per heavy atom. The molecule has 0 aromatic heterocycles. The Morgan fingerprint density at radius 1 is 1.53 bits per heavy atom. The summed E-state index contributed by atoms with van der Waals surface area (Å²) in [5, 5.41) is 5.21. The molecule has 0 aliphatic rings. The molecule has 15 heavy (non-hydrogen) atoms. The van der Waals surface area contributed by atoms with E-state index in [4.69, 9.17) is 4.74 Å². The first-order valence-corrected chi connectivity index (χ1v) is 5.22. The van der Waals surface area contributed by atoms with Crippen LogP contribution in [0.15, 0.2) is 22.7 Å². The number of anilines is 1. The van der Waals surface area contributed by atoms with Crippen molar-refractivity contribution in [1.82, 2.24) is 5.32 Å². The first-order chi connectivity index (χ1) is 7.13. The van der Waals surface area contributed by atoms with E-state index in [1.54, 1.807) is 0 Å². The molecule has 1 aromatic carbocycles. The molecule has 0 fully saturated rings. The average molecular weight is 273 g/mol. The van der Waals surface area contributed by atoms with Gasteiger partial charge in [0.05, 0.1) is 0 Å². The number of hydrogen-bond acceptors (Lipinski definition) is 2. The van der Waals surface area contributed by atoms with Crippen LogP contribution in [0.2, 0.25) is 0 Å². The maximum atomic E-state index is 11.3. The second-order valence-electron chi connectivity index (χ2n) is 3.03. The van der Waals surface area contributed by atoms with Crippen LogP contribution in [0.1, 0.15) is 5.56 Å². The molecule has 0 heterocycles. The molecule has 1 rings (SSSR count). The number of halogens is 1. The molecular formula is C10H13BrN2O2. The quantitative estimate of drug-likeness (QED) is 0.831. The van der Waals surface area contributed by atoms with Crippen LogP contribution in [0.4, 0.5) is 10.5 Å². The van der Waals surface area contributed by atoms with Crippen molar-refractivity contribution in [2.75, 3.05) is 19.2 Å². The second kappa shape index (κ2) is 5.72. The fraction of sp³-hybridized carbons (Fsp3) is 0.300. The van der Waals surface area contributed by atoms with E-state index < -0.39 is 0 Å². The molecule has 0 saturated heterocycles. The summed E-state index contributed by atoms with van der Waals surface area (Å²) in [5.74, 6) is 0. The molecular weight excluding hydrogens is 260 g/mol. The van der Waals surface area contributed by atoms with Gasteiger partial charge < -0.3 is 15.4 Å². The molecule has 5 heteroatoms. The van der Waals surface area contributed by atoms with Crippen LogP contribution in [-0.4, -0.2) is 19.9 Å². The van der Waals surface area contributed by atoms with Crippen molar-refractivity contribution in [2.24, 2.45) is 0 Å². The predicted octanol–water partition coefficient (Wildman–Crippen LogP) is 2.48. The van der Waals surface area contributed by atoms with Crippen molar-refractivity contribution in [3.8, 4) is 0 Å². The van der Waals surface area contributed by atoms with E-state index in [0.717, 1.165) is 15.7 Å². The van der Waals surface area contributed by atoms with Crippen LogP contribution in [0, 0.1) is 6.92 Å². The Labute approximate surface area is 97.1 Å². The lowest BCUT2D eigenvalue weighted by molar-refractivity contribution is 0.177. The minimum Gasteiger partial charge on any atom is -0.364 e.